The Morgan fingerprint density at radius 2 is 1.95 bits per heavy atom. The van der Waals surface area contributed by atoms with Crippen molar-refractivity contribution in [3.63, 3.8) is 0 Å². The Morgan fingerprint density at radius 3 is 2.57 bits per heavy atom. The third-order valence-electron chi connectivity index (χ3n) is 4.92. The van der Waals surface area contributed by atoms with E-state index < -0.39 is 0 Å². The second-order valence-electron chi connectivity index (χ2n) is 7.14. The summed E-state index contributed by atoms with van der Waals surface area (Å²) in [4.78, 5) is 2.63. The molecule has 21 heavy (non-hydrogen) atoms. The van der Waals surface area contributed by atoms with Crippen LogP contribution in [0.4, 0.5) is 0 Å². The summed E-state index contributed by atoms with van der Waals surface area (Å²) in [5.74, 6) is 1.02. The first-order chi connectivity index (χ1) is 10.1. The van der Waals surface area contributed by atoms with Crippen LogP contribution in [0.25, 0.3) is 0 Å². The van der Waals surface area contributed by atoms with E-state index in [0.717, 1.165) is 18.6 Å². The summed E-state index contributed by atoms with van der Waals surface area (Å²) in [5, 5.41) is 3.50. The molecule has 2 fully saturated rings. The smallest absolute Gasteiger partial charge is 0.119 e. The lowest BCUT2D eigenvalue weighted by molar-refractivity contribution is 0.0775. The lowest BCUT2D eigenvalue weighted by atomic mass is 9.88. The van der Waals surface area contributed by atoms with Crippen LogP contribution in [0.5, 0.6) is 5.75 Å². The lowest BCUT2D eigenvalue weighted by Crippen LogP contribution is -2.44. The van der Waals surface area contributed by atoms with Crippen molar-refractivity contribution in [3.8, 4) is 5.75 Å². The molecule has 2 heterocycles. The molecule has 0 aliphatic carbocycles. The summed E-state index contributed by atoms with van der Waals surface area (Å²) in [6, 6.07) is 8.43. The number of benzene rings is 1. The molecule has 1 unspecified atom stereocenters. The minimum Gasteiger partial charge on any atom is -0.490 e. The Bertz CT molecular complexity index is 443. The maximum Gasteiger partial charge on any atom is 0.119 e. The maximum absolute atomic E-state index is 6.11. The summed E-state index contributed by atoms with van der Waals surface area (Å²) in [7, 11) is 0. The third kappa shape index (κ3) is 3.98. The van der Waals surface area contributed by atoms with Gasteiger partial charge in [-0.05, 0) is 50.3 Å². The predicted octanol–water partition coefficient (Wildman–Crippen LogP) is 2.84. The molecule has 3 heteroatoms. The van der Waals surface area contributed by atoms with Gasteiger partial charge in [0.1, 0.15) is 11.9 Å². The normalized spacial score (nSPS) is 27.9. The number of piperidine rings is 1. The number of aryl methyl sites for hydroxylation is 1. The monoisotopic (exact) mass is 288 g/mol. The zero-order chi connectivity index (χ0) is 14.7. The van der Waals surface area contributed by atoms with Gasteiger partial charge in [0.2, 0.25) is 0 Å². The van der Waals surface area contributed by atoms with Crippen LogP contribution in [-0.4, -0.2) is 43.7 Å². The highest BCUT2D eigenvalue weighted by Crippen LogP contribution is 2.27. The number of nitrogens with one attached hydrogen (secondary N) is 1. The standard InChI is InChI=1S/C18H28N2O/c1-15-3-5-16(6-4-15)21-17-7-11-20(12-8-17)14-18(2)9-10-19-13-18/h3-6,17,19H,7-14H2,1-2H3. The molecule has 116 valence electrons. The van der Waals surface area contributed by atoms with Gasteiger partial charge in [0.15, 0.2) is 0 Å². The zero-order valence-electron chi connectivity index (χ0n) is 13.4. The SMILES string of the molecule is Cc1ccc(OC2CCN(CC3(C)CCNC3)CC2)cc1. The molecule has 2 saturated heterocycles. The van der Waals surface area contributed by atoms with E-state index in [1.54, 1.807) is 0 Å². The molecule has 0 bridgehead atoms. The number of hydrogen-bond donors (Lipinski definition) is 1. The van der Waals surface area contributed by atoms with E-state index in [9.17, 15) is 0 Å². The first-order valence-electron chi connectivity index (χ1n) is 8.29. The molecular formula is C18H28N2O. The number of rotatable bonds is 4. The fourth-order valence-corrected chi connectivity index (χ4v) is 3.54. The fourth-order valence-electron chi connectivity index (χ4n) is 3.54. The summed E-state index contributed by atoms with van der Waals surface area (Å²) in [5.41, 5.74) is 1.76. The van der Waals surface area contributed by atoms with Gasteiger partial charge in [0, 0.05) is 26.2 Å². The van der Waals surface area contributed by atoms with Gasteiger partial charge >= 0.3 is 0 Å². The molecule has 1 N–H and O–H groups in total. The van der Waals surface area contributed by atoms with Crippen LogP contribution in [0.1, 0.15) is 31.7 Å². The third-order valence-corrected chi connectivity index (χ3v) is 4.92. The van der Waals surface area contributed by atoms with Gasteiger partial charge in [-0.3, -0.25) is 0 Å². The van der Waals surface area contributed by atoms with Crippen molar-refractivity contribution in [2.45, 2.75) is 39.2 Å². The van der Waals surface area contributed by atoms with Crippen molar-refractivity contribution in [2.75, 3.05) is 32.7 Å². The molecule has 1 atom stereocenters. The lowest BCUT2D eigenvalue weighted by Gasteiger charge is -2.37. The highest BCUT2D eigenvalue weighted by Gasteiger charge is 2.32. The fraction of sp³-hybridized carbons (Fsp3) is 0.667. The van der Waals surface area contributed by atoms with Gasteiger partial charge < -0.3 is 15.0 Å². The maximum atomic E-state index is 6.11. The van der Waals surface area contributed by atoms with Crippen molar-refractivity contribution in [3.05, 3.63) is 29.8 Å². The van der Waals surface area contributed by atoms with Crippen LogP contribution in [-0.2, 0) is 0 Å². The summed E-state index contributed by atoms with van der Waals surface area (Å²) in [6.07, 6.45) is 4.00. The number of ether oxygens (including phenoxy) is 1. The Morgan fingerprint density at radius 1 is 1.24 bits per heavy atom. The highest BCUT2D eigenvalue weighted by atomic mass is 16.5. The molecule has 3 nitrogen and oxygen atoms in total. The Balaban J connectivity index is 1.45. The second kappa shape index (κ2) is 6.37. The number of hydrogen-bond acceptors (Lipinski definition) is 3. The molecule has 0 radical (unpaired) electrons. The molecule has 0 saturated carbocycles. The van der Waals surface area contributed by atoms with E-state index in [1.807, 2.05) is 0 Å². The van der Waals surface area contributed by atoms with E-state index in [0.29, 0.717) is 11.5 Å². The molecule has 1 aromatic rings. The molecule has 2 aliphatic heterocycles. The van der Waals surface area contributed by atoms with Gasteiger partial charge in [-0.2, -0.15) is 0 Å². The quantitative estimate of drug-likeness (QED) is 0.922. The van der Waals surface area contributed by atoms with Crippen LogP contribution in [0.3, 0.4) is 0 Å². The van der Waals surface area contributed by atoms with Crippen molar-refractivity contribution in [1.29, 1.82) is 0 Å². The van der Waals surface area contributed by atoms with E-state index in [1.165, 1.54) is 44.7 Å². The van der Waals surface area contributed by atoms with Crippen LogP contribution < -0.4 is 10.1 Å². The van der Waals surface area contributed by atoms with E-state index in [4.69, 9.17) is 4.74 Å². The van der Waals surface area contributed by atoms with Crippen LogP contribution in [0.15, 0.2) is 24.3 Å². The second-order valence-corrected chi connectivity index (χ2v) is 7.14. The molecule has 2 aliphatic rings. The van der Waals surface area contributed by atoms with Gasteiger partial charge in [0.05, 0.1) is 0 Å². The van der Waals surface area contributed by atoms with Gasteiger partial charge in [-0.15, -0.1) is 0 Å². The molecule has 0 spiro atoms. The van der Waals surface area contributed by atoms with Crippen molar-refractivity contribution in [1.82, 2.24) is 10.2 Å². The highest BCUT2D eigenvalue weighted by molar-refractivity contribution is 5.26. The van der Waals surface area contributed by atoms with Crippen LogP contribution in [0, 0.1) is 12.3 Å². The zero-order valence-corrected chi connectivity index (χ0v) is 13.4. The van der Waals surface area contributed by atoms with E-state index in [-0.39, 0.29) is 0 Å². The summed E-state index contributed by atoms with van der Waals surface area (Å²) >= 11 is 0. The van der Waals surface area contributed by atoms with Crippen molar-refractivity contribution in [2.24, 2.45) is 5.41 Å². The van der Waals surface area contributed by atoms with Crippen LogP contribution in [0.2, 0.25) is 0 Å². The first-order valence-corrected chi connectivity index (χ1v) is 8.29. The van der Waals surface area contributed by atoms with Gasteiger partial charge in [-0.1, -0.05) is 24.6 Å². The average Bonchev–Trinajstić information content (AvgIpc) is 2.90. The Kier molecular flexibility index (Phi) is 4.51. The summed E-state index contributed by atoms with van der Waals surface area (Å²) < 4.78 is 6.11. The first kappa shape index (κ1) is 14.9. The van der Waals surface area contributed by atoms with Crippen molar-refractivity contribution < 1.29 is 4.74 Å². The van der Waals surface area contributed by atoms with E-state index >= 15 is 0 Å². The van der Waals surface area contributed by atoms with Crippen LogP contribution >= 0.6 is 0 Å². The minimum atomic E-state index is 0.387. The average molecular weight is 288 g/mol. The summed E-state index contributed by atoms with van der Waals surface area (Å²) in [6.45, 7) is 10.5. The van der Waals surface area contributed by atoms with Gasteiger partial charge in [-0.25, -0.2) is 0 Å². The molecule has 0 aromatic heterocycles. The van der Waals surface area contributed by atoms with E-state index in [2.05, 4.69) is 48.3 Å². The molecule has 1 aromatic carbocycles. The minimum absolute atomic E-state index is 0.387. The largest absolute Gasteiger partial charge is 0.490 e. The molecular weight excluding hydrogens is 260 g/mol. The predicted molar refractivity (Wildman–Crippen MR) is 86.9 cm³/mol. The topological polar surface area (TPSA) is 24.5 Å². The van der Waals surface area contributed by atoms with Gasteiger partial charge in [0.25, 0.3) is 0 Å². The molecule has 3 rings (SSSR count). The Labute approximate surface area is 128 Å². The van der Waals surface area contributed by atoms with Crippen molar-refractivity contribution >= 4 is 0 Å². The number of likely N-dealkylation sites (tertiary alicyclic amines) is 1. The molecule has 0 amide bonds. The number of nitrogens with zero attached hydrogens (tertiary/aromatic N) is 1. The Hall–Kier alpha value is -1.06.